The van der Waals surface area contributed by atoms with Crippen LogP contribution in [0.5, 0.6) is 0 Å². The number of aromatic nitrogens is 1. The van der Waals surface area contributed by atoms with Crippen LogP contribution in [0.15, 0.2) is 30.5 Å². The van der Waals surface area contributed by atoms with Crippen LogP contribution >= 0.6 is 0 Å². The van der Waals surface area contributed by atoms with Crippen molar-refractivity contribution in [1.82, 2.24) is 9.88 Å². The summed E-state index contributed by atoms with van der Waals surface area (Å²) in [6.45, 7) is 7.13. The smallest absolute Gasteiger partial charge is 0.338 e. The van der Waals surface area contributed by atoms with Gasteiger partial charge in [-0.05, 0) is 89.9 Å². The third kappa shape index (κ3) is 4.67. The van der Waals surface area contributed by atoms with E-state index in [1.54, 1.807) is 0 Å². The zero-order chi connectivity index (χ0) is 21.8. The van der Waals surface area contributed by atoms with Crippen LogP contribution in [0.4, 0.5) is 5.69 Å². The van der Waals surface area contributed by atoms with E-state index in [-0.39, 0.29) is 5.97 Å². The van der Waals surface area contributed by atoms with Gasteiger partial charge in [0.25, 0.3) is 0 Å². The molecule has 0 atom stereocenters. The topological polar surface area (TPSA) is 45.7 Å². The van der Waals surface area contributed by atoms with Crippen molar-refractivity contribution in [3.05, 3.63) is 47.3 Å². The van der Waals surface area contributed by atoms with Crippen molar-refractivity contribution in [3.8, 4) is 11.1 Å². The molecular weight excluding hydrogens is 374 g/mol. The minimum atomic E-state index is -0.289. The van der Waals surface area contributed by atoms with E-state index < -0.39 is 0 Å². The molecule has 0 saturated heterocycles. The number of aryl methyl sites for hydroxylation is 1. The standard InChI is InChI=1S/C25H35N3O2/c1-7-28(22-12-10-21(11-13-22)27(4)5)24-15-20(19-9-8-17(2)26-16-19)14-23(18(24)3)25(29)30-6/h8-9,14-16,21-22H,7,10-13H2,1-6H3. The second-order valence-corrected chi connectivity index (χ2v) is 8.56. The molecule has 0 amide bonds. The Morgan fingerprint density at radius 2 is 1.73 bits per heavy atom. The zero-order valence-corrected chi connectivity index (χ0v) is 19.2. The summed E-state index contributed by atoms with van der Waals surface area (Å²) in [6.07, 6.45) is 6.63. The van der Waals surface area contributed by atoms with Gasteiger partial charge in [0.2, 0.25) is 0 Å². The summed E-state index contributed by atoms with van der Waals surface area (Å²) < 4.78 is 5.10. The monoisotopic (exact) mass is 409 g/mol. The third-order valence-corrected chi connectivity index (χ3v) is 6.52. The fraction of sp³-hybridized carbons (Fsp3) is 0.520. The number of rotatable bonds is 6. The van der Waals surface area contributed by atoms with E-state index >= 15 is 0 Å². The molecule has 0 N–H and O–H groups in total. The number of nitrogens with zero attached hydrogens (tertiary/aromatic N) is 3. The maximum atomic E-state index is 12.6. The van der Waals surface area contributed by atoms with Gasteiger partial charge < -0.3 is 14.5 Å². The maximum absolute atomic E-state index is 12.6. The van der Waals surface area contributed by atoms with Gasteiger partial charge in [-0.25, -0.2) is 4.79 Å². The van der Waals surface area contributed by atoms with Crippen LogP contribution in [0.3, 0.4) is 0 Å². The molecule has 0 radical (unpaired) electrons. The van der Waals surface area contributed by atoms with Crippen molar-refractivity contribution in [2.24, 2.45) is 0 Å². The number of hydrogen-bond donors (Lipinski definition) is 0. The summed E-state index contributed by atoms with van der Waals surface area (Å²) in [6, 6.07) is 9.38. The molecule has 5 heteroatoms. The molecule has 1 aliphatic carbocycles. The lowest BCUT2D eigenvalue weighted by molar-refractivity contribution is 0.0600. The van der Waals surface area contributed by atoms with Gasteiger partial charge in [0.1, 0.15) is 0 Å². The van der Waals surface area contributed by atoms with Crippen LogP contribution in [0.2, 0.25) is 0 Å². The molecule has 1 heterocycles. The minimum Gasteiger partial charge on any atom is -0.465 e. The number of anilines is 1. The van der Waals surface area contributed by atoms with Gasteiger partial charge in [-0.2, -0.15) is 0 Å². The number of benzene rings is 1. The number of esters is 1. The second kappa shape index (κ2) is 9.61. The Hall–Kier alpha value is -2.40. The summed E-state index contributed by atoms with van der Waals surface area (Å²) in [7, 11) is 5.80. The Labute approximate surface area is 181 Å². The van der Waals surface area contributed by atoms with Crippen LogP contribution in [0, 0.1) is 13.8 Å². The van der Waals surface area contributed by atoms with E-state index in [1.165, 1.54) is 32.8 Å². The molecule has 5 nitrogen and oxygen atoms in total. The van der Waals surface area contributed by atoms with Crippen molar-refractivity contribution in [2.75, 3.05) is 32.6 Å². The first-order valence-electron chi connectivity index (χ1n) is 10.9. The fourth-order valence-corrected chi connectivity index (χ4v) is 4.64. The quantitative estimate of drug-likeness (QED) is 0.638. The first kappa shape index (κ1) is 22.3. The molecule has 3 rings (SSSR count). The molecule has 1 aliphatic rings. The van der Waals surface area contributed by atoms with E-state index in [2.05, 4.69) is 47.9 Å². The summed E-state index contributed by atoms with van der Waals surface area (Å²) in [5.74, 6) is -0.289. The van der Waals surface area contributed by atoms with Crippen molar-refractivity contribution < 1.29 is 9.53 Å². The van der Waals surface area contributed by atoms with Crippen molar-refractivity contribution >= 4 is 11.7 Å². The summed E-state index contributed by atoms with van der Waals surface area (Å²) in [5, 5.41) is 0. The summed E-state index contributed by atoms with van der Waals surface area (Å²) >= 11 is 0. The Kier molecular flexibility index (Phi) is 7.14. The molecule has 162 valence electrons. The van der Waals surface area contributed by atoms with Gasteiger partial charge in [-0.1, -0.05) is 6.07 Å². The van der Waals surface area contributed by atoms with Gasteiger partial charge in [0.05, 0.1) is 12.7 Å². The predicted molar refractivity (Wildman–Crippen MR) is 123 cm³/mol. The largest absolute Gasteiger partial charge is 0.465 e. The first-order valence-corrected chi connectivity index (χ1v) is 10.9. The molecule has 1 fully saturated rings. The van der Waals surface area contributed by atoms with Gasteiger partial charge in [0, 0.05) is 41.8 Å². The lowest BCUT2D eigenvalue weighted by Gasteiger charge is -2.40. The van der Waals surface area contributed by atoms with E-state index in [1.807, 2.05) is 32.2 Å². The highest BCUT2D eigenvalue weighted by molar-refractivity contribution is 5.95. The van der Waals surface area contributed by atoms with E-state index in [9.17, 15) is 4.79 Å². The lowest BCUT2D eigenvalue weighted by atomic mass is 9.88. The Morgan fingerprint density at radius 1 is 1.07 bits per heavy atom. The maximum Gasteiger partial charge on any atom is 0.338 e. The number of methoxy groups -OCH3 is 1. The number of hydrogen-bond acceptors (Lipinski definition) is 5. The van der Waals surface area contributed by atoms with Crippen LogP contribution in [-0.4, -0.2) is 55.7 Å². The Morgan fingerprint density at radius 3 is 2.27 bits per heavy atom. The molecule has 0 aliphatic heterocycles. The van der Waals surface area contributed by atoms with E-state index in [0.717, 1.165) is 34.6 Å². The minimum absolute atomic E-state index is 0.289. The number of carbonyl (C=O) groups excluding carboxylic acids is 1. The van der Waals surface area contributed by atoms with Gasteiger partial charge in [0.15, 0.2) is 0 Å². The molecule has 0 bridgehead atoms. The van der Waals surface area contributed by atoms with Crippen LogP contribution in [0.1, 0.15) is 54.2 Å². The van der Waals surface area contributed by atoms with E-state index in [4.69, 9.17) is 4.74 Å². The van der Waals surface area contributed by atoms with Gasteiger partial charge in [-0.3, -0.25) is 4.98 Å². The van der Waals surface area contributed by atoms with Crippen molar-refractivity contribution in [1.29, 1.82) is 0 Å². The lowest BCUT2D eigenvalue weighted by Crippen LogP contribution is -2.42. The SMILES string of the molecule is CCN(c1cc(-c2ccc(C)nc2)cc(C(=O)OC)c1C)C1CCC(N(C)C)CC1. The highest BCUT2D eigenvalue weighted by Gasteiger charge is 2.28. The molecule has 2 aromatic rings. The number of ether oxygens (including phenoxy) is 1. The average Bonchev–Trinajstić information content (AvgIpc) is 2.75. The average molecular weight is 410 g/mol. The van der Waals surface area contributed by atoms with Crippen LogP contribution in [0.25, 0.3) is 11.1 Å². The normalized spacial score (nSPS) is 19.0. The van der Waals surface area contributed by atoms with Gasteiger partial charge in [-0.15, -0.1) is 0 Å². The van der Waals surface area contributed by atoms with Crippen LogP contribution < -0.4 is 4.90 Å². The third-order valence-electron chi connectivity index (χ3n) is 6.52. The molecule has 0 spiro atoms. The summed E-state index contributed by atoms with van der Waals surface area (Å²) in [5.41, 5.74) is 5.74. The fourth-order valence-electron chi connectivity index (χ4n) is 4.64. The molecular formula is C25H35N3O2. The van der Waals surface area contributed by atoms with E-state index in [0.29, 0.717) is 17.6 Å². The number of carbonyl (C=O) groups is 1. The zero-order valence-electron chi connectivity index (χ0n) is 19.2. The molecule has 0 unspecified atom stereocenters. The molecule has 30 heavy (non-hydrogen) atoms. The van der Waals surface area contributed by atoms with Crippen molar-refractivity contribution in [2.45, 2.75) is 58.5 Å². The van der Waals surface area contributed by atoms with Gasteiger partial charge >= 0.3 is 5.97 Å². The molecule has 1 aromatic carbocycles. The van der Waals surface area contributed by atoms with Crippen LogP contribution in [-0.2, 0) is 4.74 Å². The van der Waals surface area contributed by atoms with Crippen molar-refractivity contribution in [3.63, 3.8) is 0 Å². The molecule has 1 aromatic heterocycles. The summed E-state index contributed by atoms with van der Waals surface area (Å²) in [4.78, 5) is 21.8. The molecule has 1 saturated carbocycles. The second-order valence-electron chi connectivity index (χ2n) is 8.56. The predicted octanol–water partition coefficient (Wildman–Crippen LogP) is 4.85. The Bertz CT molecular complexity index is 869. The highest BCUT2D eigenvalue weighted by atomic mass is 16.5. The highest BCUT2D eigenvalue weighted by Crippen LogP contribution is 2.35. The first-order chi connectivity index (χ1) is 14.3. The number of pyridine rings is 1. The Balaban J connectivity index is 2.02.